The molecule has 0 bridgehead atoms. The maximum absolute atomic E-state index is 13.5. The van der Waals surface area contributed by atoms with E-state index in [0.29, 0.717) is 28.9 Å². The highest BCUT2D eigenvalue weighted by molar-refractivity contribution is 6.14. The number of hydrogen-bond acceptors (Lipinski definition) is 6. The summed E-state index contributed by atoms with van der Waals surface area (Å²) in [5.41, 5.74) is 4.56. The van der Waals surface area contributed by atoms with Crippen molar-refractivity contribution in [2.24, 2.45) is 0 Å². The Balaban J connectivity index is 1.68. The second-order valence-corrected chi connectivity index (χ2v) is 8.95. The number of ether oxygens (including phenoxy) is 5. The molecule has 35 heavy (non-hydrogen) atoms. The van der Waals surface area contributed by atoms with Crippen LogP contribution in [0.1, 0.15) is 61.1 Å². The van der Waals surface area contributed by atoms with Crippen molar-refractivity contribution in [1.29, 1.82) is 0 Å². The van der Waals surface area contributed by atoms with E-state index in [9.17, 15) is 4.79 Å². The first-order chi connectivity index (χ1) is 17.0. The summed E-state index contributed by atoms with van der Waals surface area (Å²) in [6.07, 6.45) is 9.86. The first-order valence-corrected chi connectivity index (χ1v) is 12.0. The molecular formula is C29H34O6. The van der Waals surface area contributed by atoms with E-state index in [4.69, 9.17) is 23.7 Å². The Kier molecular flexibility index (Phi) is 7.69. The number of benzene rings is 2. The third kappa shape index (κ3) is 5.02. The predicted molar refractivity (Wildman–Crippen MR) is 137 cm³/mol. The zero-order chi connectivity index (χ0) is 24.9. The third-order valence-electron chi connectivity index (χ3n) is 6.92. The molecule has 0 atom stereocenters. The molecule has 2 aromatic rings. The van der Waals surface area contributed by atoms with Crippen molar-refractivity contribution < 1.29 is 28.5 Å². The Hall–Kier alpha value is -3.41. The summed E-state index contributed by atoms with van der Waals surface area (Å²) in [4.78, 5) is 13.5. The fourth-order valence-electron chi connectivity index (χ4n) is 4.89. The fraction of sp³-hybridized carbons (Fsp3) is 0.414. The van der Waals surface area contributed by atoms with Gasteiger partial charge in [0.15, 0.2) is 28.8 Å². The van der Waals surface area contributed by atoms with Gasteiger partial charge >= 0.3 is 0 Å². The van der Waals surface area contributed by atoms with E-state index in [1.54, 1.807) is 35.5 Å². The maximum Gasteiger partial charge on any atom is 0.203 e. The van der Waals surface area contributed by atoms with Crippen molar-refractivity contribution in [3.8, 4) is 28.7 Å². The average Bonchev–Trinajstić information content (AvgIpc) is 2.84. The molecule has 0 spiro atoms. The second-order valence-electron chi connectivity index (χ2n) is 8.95. The second kappa shape index (κ2) is 10.9. The van der Waals surface area contributed by atoms with Gasteiger partial charge in [-0.1, -0.05) is 6.42 Å². The number of ketones is 1. The molecule has 2 fully saturated rings. The molecule has 2 aliphatic carbocycles. The number of Topliss-reactive ketones (excluding diaryl/α,β-unsaturated/α-hetero) is 1. The van der Waals surface area contributed by atoms with Gasteiger partial charge in [0, 0.05) is 16.7 Å². The molecule has 0 aromatic heterocycles. The highest BCUT2D eigenvalue weighted by atomic mass is 16.5. The van der Waals surface area contributed by atoms with E-state index in [2.05, 4.69) is 6.07 Å². The molecule has 0 radical (unpaired) electrons. The minimum atomic E-state index is 0.0741. The molecule has 0 heterocycles. The zero-order valence-corrected chi connectivity index (χ0v) is 21.2. The lowest BCUT2D eigenvalue weighted by Gasteiger charge is -2.28. The van der Waals surface area contributed by atoms with Gasteiger partial charge in [-0.3, -0.25) is 4.79 Å². The van der Waals surface area contributed by atoms with Crippen LogP contribution in [0.4, 0.5) is 0 Å². The number of methoxy groups -OCH3 is 5. The van der Waals surface area contributed by atoms with Gasteiger partial charge in [-0.15, -0.1) is 0 Å². The summed E-state index contributed by atoms with van der Waals surface area (Å²) in [5, 5.41) is 0. The molecule has 0 aliphatic heterocycles. The third-order valence-corrected chi connectivity index (χ3v) is 6.92. The smallest absolute Gasteiger partial charge is 0.203 e. The monoisotopic (exact) mass is 478 g/mol. The van der Waals surface area contributed by atoms with Crippen LogP contribution in [0.5, 0.6) is 28.7 Å². The van der Waals surface area contributed by atoms with Crippen LogP contribution in [0.25, 0.3) is 12.2 Å². The Labute approximate surface area is 207 Å². The Morgan fingerprint density at radius 3 is 1.57 bits per heavy atom. The average molecular weight is 479 g/mol. The maximum atomic E-state index is 13.5. The van der Waals surface area contributed by atoms with Gasteiger partial charge in [-0.05, 0) is 85.6 Å². The summed E-state index contributed by atoms with van der Waals surface area (Å²) >= 11 is 0. The van der Waals surface area contributed by atoms with E-state index in [1.165, 1.54) is 12.0 Å². The molecule has 0 unspecified atom stereocenters. The van der Waals surface area contributed by atoms with Crippen LogP contribution in [0.3, 0.4) is 0 Å². The molecule has 2 aliphatic rings. The van der Waals surface area contributed by atoms with Gasteiger partial charge in [0.05, 0.1) is 35.5 Å². The molecule has 6 heteroatoms. The number of hydrogen-bond donors (Lipinski definition) is 0. The molecule has 0 N–H and O–H groups in total. The van der Waals surface area contributed by atoms with Crippen LogP contribution in [0.15, 0.2) is 35.4 Å². The highest BCUT2D eigenvalue weighted by Gasteiger charge is 2.26. The van der Waals surface area contributed by atoms with Gasteiger partial charge in [-0.25, -0.2) is 0 Å². The van der Waals surface area contributed by atoms with Crippen molar-refractivity contribution >= 4 is 17.9 Å². The Morgan fingerprint density at radius 2 is 1.14 bits per heavy atom. The molecular weight excluding hydrogens is 444 g/mol. The van der Waals surface area contributed by atoms with E-state index in [-0.39, 0.29) is 5.78 Å². The summed E-state index contributed by atoms with van der Waals surface area (Å²) in [7, 11) is 8.08. The Bertz CT molecular complexity index is 1130. The highest BCUT2D eigenvalue weighted by Crippen LogP contribution is 2.45. The first kappa shape index (κ1) is 24.7. The van der Waals surface area contributed by atoms with E-state index < -0.39 is 0 Å². The zero-order valence-electron chi connectivity index (χ0n) is 21.2. The van der Waals surface area contributed by atoms with E-state index in [1.807, 2.05) is 30.4 Å². The Morgan fingerprint density at radius 1 is 0.657 bits per heavy atom. The summed E-state index contributed by atoms with van der Waals surface area (Å²) in [6, 6.07) is 7.83. The summed E-state index contributed by atoms with van der Waals surface area (Å²) in [6.45, 7) is 0. The predicted octanol–water partition coefficient (Wildman–Crippen LogP) is 6.22. The lowest BCUT2D eigenvalue weighted by molar-refractivity contribution is -0.112. The quantitative estimate of drug-likeness (QED) is 0.420. The van der Waals surface area contributed by atoms with Gasteiger partial charge in [0.1, 0.15) is 0 Å². The number of rotatable bonds is 8. The largest absolute Gasteiger partial charge is 0.493 e. The molecule has 0 amide bonds. The lowest BCUT2D eigenvalue weighted by atomic mass is 9.78. The van der Waals surface area contributed by atoms with Crippen LogP contribution in [-0.4, -0.2) is 41.3 Å². The van der Waals surface area contributed by atoms with Crippen LogP contribution in [0, 0.1) is 0 Å². The SMILES string of the molecule is COc1cc(/C=C2\CCC/C(=C\c3cc(OC)c(OC)c(C4CCC4)c3)C2=O)cc(OC)c1OC. The van der Waals surface area contributed by atoms with Crippen molar-refractivity contribution in [2.75, 3.05) is 35.5 Å². The number of allylic oxidation sites excluding steroid dienone is 2. The van der Waals surface area contributed by atoms with Crippen LogP contribution >= 0.6 is 0 Å². The minimum absolute atomic E-state index is 0.0741. The molecule has 0 saturated heterocycles. The van der Waals surface area contributed by atoms with Crippen LogP contribution in [-0.2, 0) is 4.79 Å². The fourth-order valence-corrected chi connectivity index (χ4v) is 4.89. The normalized spacial score (nSPS) is 18.4. The van der Waals surface area contributed by atoms with Gasteiger partial charge < -0.3 is 23.7 Å². The van der Waals surface area contributed by atoms with E-state index >= 15 is 0 Å². The first-order valence-electron chi connectivity index (χ1n) is 12.0. The van der Waals surface area contributed by atoms with Crippen molar-refractivity contribution in [2.45, 2.75) is 44.4 Å². The van der Waals surface area contributed by atoms with Crippen molar-refractivity contribution in [1.82, 2.24) is 0 Å². The molecule has 2 saturated carbocycles. The molecule has 186 valence electrons. The van der Waals surface area contributed by atoms with E-state index in [0.717, 1.165) is 60.1 Å². The van der Waals surface area contributed by atoms with Gasteiger partial charge in [0.2, 0.25) is 5.75 Å². The minimum Gasteiger partial charge on any atom is -0.493 e. The summed E-state index contributed by atoms with van der Waals surface area (Å²) in [5.74, 6) is 3.72. The standard InChI is InChI=1S/C29H34O6/c1-31-24-15-18(14-23(28(24)34-4)20-8-6-9-20)12-21-10-7-11-22(27(21)30)13-19-16-25(32-2)29(35-5)26(17-19)33-3/h12-17,20H,6-11H2,1-5H3/b21-12+,22-13+. The molecule has 4 rings (SSSR count). The van der Waals surface area contributed by atoms with Crippen molar-refractivity contribution in [3.63, 3.8) is 0 Å². The van der Waals surface area contributed by atoms with Crippen LogP contribution in [0.2, 0.25) is 0 Å². The van der Waals surface area contributed by atoms with Crippen LogP contribution < -0.4 is 23.7 Å². The van der Waals surface area contributed by atoms with Gasteiger partial charge in [-0.2, -0.15) is 0 Å². The topological polar surface area (TPSA) is 63.2 Å². The van der Waals surface area contributed by atoms with Crippen molar-refractivity contribution in [3.05, 3.63) is 52.1 Å². The molecule has 2 aromatic carbocycles. The number of carbonyl (C=O) groups is 1. The molecule has 6 nitrogen and oxygen atoms in total. The number of carbonyl (C=O) groups excluding carboxylic acids is 1. The lowest BCUT2D eigenvalue weighted by Crippen LogP contribution is -2.13. The summed E-state index contributed by atoms with van der Waals surface area (Å²) < 4.78 is 27.7. The van der Waals surface area contributed by atoms with Gasteiger partial charge in [0.25, 0.3) is 0 Å².